The molecule has 1 N–H and O–H groups in total. The molecule has 3 nitrogen and oxygen atoms in total. The Morgan fingerprint density at radius 2 is 2.12 bits per heavy atom. The van der Waals surface area contributed by atoms with Crippen LogP contribution in [0.1, 0.15) is 38.5 Å². The highest BCUT2D eigenvalue weighted by Gasteiger charge is 2.61. The Morgan fingerprint density at radius 1 is 1.38 bits per heavy atom. The van der Waals surface area contributed by atoms with Gasteiger partial charge in [0.25, 0.3) is 6.43 Å². The predicted octanol–water partition coefficient (Wildman–Crippen LogP) is 1.48. The van der Waals surface area contributed by atoms with Gasteiger partial charge in [0.1, 0.15) is 0 Å². The highest BCUT2D eigenvalue weighted by molar-refractivity contribution is 5.80. The Bertz CT molecular complexity index is 323. The fourth-order valence-corrected chi connectivity index (χ4v) is 3.57. The molecule has 90 valence electrons. The quantitative estimate of drug-likeness (QED) is 0.740. The summed E-state index contributed by atoms with van der Waals surface area (Å²) in [7, 11) is 0. The molecule has 0 aromatic rings. The summed E-state index contributed by atoms with van der Waals surface area (Å²) in [5, 5.41) is 3.05. The first-order valence-electron chi connectivity index (χ1n) is 6.03. The Labute approximate surface area is 93.2 Å². The normalized spacial score (nSPS) is 42.7. The number of alkyl halides is 2. The SMILES string of the molecule is O=C1CCC2(C(F)F)N[C@@H]3CCCC[C@H]3N12. The Kier molecular flexibility index (Phi) is 2.21. The molecule has 1 aliphatic carbocycles. The lowest BCUT2D eigenvalue weighted by Crippen LogP contribution is -2.55. The highest BCUT2D eigenvalue weighted by Crippen LogP contribution is 2.44. The summed E-state index contributed by atoms with van der Waals surface area (Å²) < 4.78 is 26.5. The second kappa shape index (κ2) is 3.39. The molecule has 0 radical (unpaired) electrons. The monoisotopic (exact) mass is 230 g/mol. The average Bonchev–Trinajstić information content (AvgIpc) is 2.75. The van der Waals surface area contributed by atoms with Gasteiger partial charge in [-0.1, -0.05) is 12.8 Å². The number of amides is 1. The summed E-state index contributed by atoms with van der Waals surface area (Å²) in [5.74, 6) is -0.0952. The summed E-state index contributed by atoms with van der Waals surface area (Å²) in [6, 6.07) is 0.102. The average molecular weight is 230 g/mol. The lowest BCUT2D eigenvalue weighted by Gasteiger charge is -2.34. The van der Waals surface area contributed by atoms with Crippen molar-refractivity contribution in [2.24, 2.45) is 0 Å². The Morgan fingerprint density at radius 3 is 2.88 bits per heavy atom. The fraction of sp³-hybridized carbons (Fsp3) is 0.909. The molecule has 16 heavy (non-hydrogen) atoms. The van der Waals surface area contributed by atoms with Gasteiger partial charge < -0.3 is 4.90 Å². The number of nitrogens with zero attached hydrogens (tertiary/aromatic N) is 1. The molecule has 0 aromatic heterocycles. The van der Waals surface area contributed by atoms with Crippen LogP contribution in [-0.4, -0.2) is 35.0 Å². The van der Waals surface area contributed by atoms with Crippen LogP contribution in [0.5, 0.6) is 0 Å². The second-order valence-electron chi connectivity index (χ2n) is 5.09. The van der Waals surface area contributed by atoms with E-state index >= 15 is 0 Å². The van der Waals surface area contributed by atoms with Gasteiger partial charge in [0.05, 0.1) is 0 Å². The van der Waals surface area contributed by atoms with Crippen molar-refractivity contribution in [2.75, 3.05) is 0 Å². The van der Waals surface area contributed by atoms with Crippen molar-refractivity contribution in [2.45, 2.75) is 62.7 Å². The van der Waals surface area contributed by atoms with Crippen LogP contribution in [0.2, 0.25) is 0 Å². The van der Waals surface area contributed by atoms with Crippen LogP contribution in [-0.2, 0) is 4.79 Å². The van der Waals surface area contributed by atoms with E-state index in [1.807, 2.05) is 0 Å². The number of fused-ring (bicyclic) bond motifs is 3. The summed E-state index contributed by atoms with van der Waals surface area (Å²) in [4.78, 5) is 13.2. The van der Waals surface area contributed by atoms with E-state index in [1.54, 1.807) is 0 Å². The van der Waals surface area contributed by atoms with E-state index < -0.39 is 12.1 Å². The van der Waals surface area contributed by atoms with Crippen molar-refractivity contribution in [1.82, 2.24) is 10.2 Å². The summed E-state index contributed by atoms with van der Waals surface area (Å²) in [6.45, 7) is 0. The van der Waals surface area contributed by atoms with E-state index in [1.165, 1.54) is 4.90 Å². The smallest absolute Gasteiger partial charge is 0.274 e. The molecule has 3 rings (SSSR count). The standard InChI is InChI=1S/C11H16F2N2O/c12-10(13)11-6-5-9(16)15(11)8-4-2-1-3-7(8)14-11/h7-8,10,14H,1-6H2/t7-,8-,11?/m1/s1. The number of halogens is 2. The van der Waals surface area contributed by atoms with Gasteiger partial charge in [-0.15, -0.1) is 0 Å². The van der Waals surface area contributed by atoms with Gasteiger partial charge >= 0.3 is 0 Å². The van der Waals surface area contributed by atoms with Crippen LogP contribution in [0, 0.1) is 0 Å². The van der Waals surface area contributed by atoms with Gasteiger partial charge in [-0.3, -0.25) is 10.1 Å². The zero-order chi connectivity index (χ0) is 11.3. The number of nitrogens with one attached hydrogen (secondary N) is 1. The van der Waals surface area contributed by atoms with Gasteiger partial charge in [0.15, 0.2) is 5.66 Å². The maximum Gasteiger partial charge on any atom is 0.274 e. The third-order valence-electron chi connectivity index (χ3n) is 4.28. The van der Waals surface area contributed by atoms with Crippen LogP contribution in [0.4, 0.5) is 8.78 Å². The zero-order valence-electron chi connectivity index (χ0n) is 9.09. The molecule has 0 bridgehead atoms. The molecular formula is C11H16F2N2O. The van der Waals surface area contributed by atoms with Gasteiger partial charge in [-0.25, -0.2) is 8.78 Å². The third-order valence-corrected chi connectivity index (χ3v) is 4.28. The number of carbonyl (C=O) groups is 1. The molecule has 3 aliphatic rings. The van der Waals surface area contributed by atoms with Crippen molar-refractivity contribution < 1.29 is 13.6 Å². The molecule has 3 fully saturated rings. The van der Waals surface area contributed by atoms with Crippen molar-refractivity contribution >= 4 is 5.91 Å². The first kappa shape index (κ1) is 10.4. The van der Waals surface area contributed by atoms with Crippen molar-refractivity contribution in [3.8, 4) is 0 Å². The molecule has 0 spiro atoms. The van der Waals surface area contributed by atoms with E-state index in [9.17, 15) is 13.6 Å². The summed E-state index contributed by atoms with van der Waals surface area (Å²) in [5.41, 5.74) is -1.34. The largest absolute Gasteiger partial charge is 0.314 e. The maximum atomic E-state index is 13.2. The fourth-order valence-electron chi connectivity index (χ4n) is 3.57. The molecule has 0 aromatic carbocycles. The summed E-state index contributed by atoms with van der Waals surface area (Å²) in [6.07, 6.45) is 1.96. The zero-order valence-corrected chi connectivity index (χ0v) is 9.09. The van der Waals surface area contributed by atoms with Gasteiger partial charge in [-0.05, 0) is 19.3 Å². The van der Waals surface area contributed by atoms with Crippen molar-refractivity contribution in [1.29, 1.82) is 0 Å². The van der Waals surface area contributed by atoms with Crippen LogP contribution in [0.25, 0.3) is 0 Å². The molecule has 2 saturated heterocycles. The predicted molar refractivity (Wildman–Crippen MR) is 54.0 cm³/mol. The number of rotatable bonds is 1. The van der Waals surface area contributed by atoms with E-state index in [2.05, 4.69) is 5.32 Å². The van der Waals surface area contributed by atoms with E-state index in [4.69, 9.17) is 0 Å². The molecule has 1 saturated carbocycles. The van der Waals surface area contributed by atoms with Crippen molar-refractivity contribution in [3.05, 3.63) is 0 Å². The number of hydrogen-bond acceptors (Lipinski definition) is 2. The Hall–Kier alpha value is -0.710. The van der Waals surface area contributed by atoms with Crippen LogP contribution >= 0.6 is 0 Å². The van der Waals surface area contributed by atoms with Crippen LogP contribution < -0.4 is 5.32 Å². The van der Waals surface area contributed by atoms with Gasteiger partial charge in [0.2, 0.25) is 5.91 Å². The maximum absolute atomic E-state index is 13.2. The highest BCUT2D eigenvalue weighted by atomic mass is 19.3. The minimum atomic E-state index is -2.48. The number of carbonyl (C=O) groups excluding carboxylic acids is 1. The lowest BCUT2D eigenvalue weighted by molar-refractivity contribution is -0.137. The van der Waals surface area contributed by atoms with Crippen LogP contribution in [0.3, 0.4) is 0 Å². The molecule has 1 unspecified atom stereocenters. The topological polar surface area (TPSA) is 32.3 Å². The second-order valence-corrected chi connectivity index (χ2v) is 5.09. The molecule has 2 aliphatic heterocycles. The van der Waals surface area contributed by atoms with Crippen molar-refractivity contribution in [3.63, 3.8) is 0 Å². The molecule has 1 amide bonds. The first-order chi connectivity index (χ1) is 7.65. The molecule has 3 atom stereocenters. The van der Waals surface area contributed by atoms with Gasteiger partial charge in [-0.2, -0.15) is 0 Å². The molecular weight excluding hydrogens is 214 g/mol. The Balaban J connectivity index is 1.96. The minimum absolute atomic E-state index is 0.0118. The molecule has 5 heteroatoms. The van der Waals surface area contributed by atoms with E-state index in [0.717, 1.165) is 25.7 Å². The van der Waals surface area contributed by atoms with E-state index in [0.29, 0.717) is 0 Å². The lowest BCUT2D eigenvalue weighted by atomic mass is 9.91. The first-order valence-corrected chi connectivity index (χ1v) is 6.03. The van der Waals surface area contributed by atoms with Gasteiger partial charge in [0, 0.05) is 18.5 Å². The van der Waals surface area contributed by atoms with Crippen LogP contribution in [0.15, 0.2) is 0 Å². The van der Waals surface area contributed by atoms with E-state index in [-0.39, 0.29) is 30.8 Å². The minimum Gasteiger partial charge on any atom is -0.314 e. The number of hydrogen-bond donors (Lipinski definition) is 1. The third kappa shape index (κ3) is 1.18. The molecule has 2 heterocycles. The summed E-state index contributed by atoms with van der Waals surface area (Å²) >= 11 is 0.